The summed E-state index contributed by atoms with van der Waals surface area (Å²) in [4.78, 5) is 0. The predicted octanol–water partition coefficient (Wildman–Crippen LogP) is 2.57. The predicted molar refractivity (Wildman–Crippen MR) is 86.2 cm³/mol. The first kappa shape index (κ1) is 16.3. The van der Waals surface area contributed by atoms with Crippen molar-refractivity contribution in [1.82, 2.24) is 5.32 Å². The Kier molecular flexibility index (Phi) is 6.06. The normalized spacial score (nSPS) is 23.7. The first-order chi connectivity index (χ1) is 10.1. The van der Waals surface area contributed by atoms with Gasteiger partial charge >= 0.3 is 0 Å². The lowest BCUT2D eigenvalue weighted by Crippen LogP contribution is -2.37. The number of ether oxygens (including phenoxy) is 1. The second kappa shape index (κ2) is 7.80. The molecule has 0 amide bonds. The Balaban J connectivity index is 1.87. The van der Waals surface area contributed by atoms with E-state index in [1.54, 1.807) is 19.2 Å². The maximum atomic E-state index is 11.9. The molecule has 0 unspecified atom stereocenters. The Hall–Kier alpha value is -1.07. The molecule has 0 radical (unpaired) electrons. The SMILES string of the molecule is CC[S@@](=O)[C@@H]1CCC[C@H](NCc2ccc(OC)c(O)c2)C1. The number of nitrogens with one attached hydrogen (secondary N) is 1. The van der Waals surface area contributed by atoms with Crippen molar-refractivity contribution in [1.29, 1.82) is 0 Å². The molecule has 1 aromatic rings. The van der Waals surface area contributed by atoms with Gasteiger partial charge in [0, 0.05) is 34.4 Å². The molecule has 0 heterocycles. The Morgan fingerprint density at radius 3 is 2.90 bits per heavy atom. The third kappa shape index (κ3) is 4.45. The molecule has 5 heteroatoms. The van der Waals surface area contributed by atoms with Gasteiger partial charge in [-0.25, -0.2) is 0 Å². The minimum atomic E-state index is -0.687. The second-order valence-electron chi connectivity index (χ2n) is 5.54. The fourth-order valence-electron chi connectivity index (χ4n) is 2.91. The topological polar surface area (TPSA) is 58.6 Å². The van der Waals surface area contributed by atoms with Crippen molar-refractivity contribution >= 4 is 10.8 Å². The van der Waals surface area contributed by atoms with Gasteiger partial charge in [0.15, 0.2) is 11.5 Å². The highest BCUT2D eigenvalue weighted by Crippen LogP contribution is 2.27. The molecule has 4 nitrogen and oxygen atoms in total. The summed E-state index contributed by atoms with van der Waals surface area (Å²) < 4.78 is 17.0. The quantitative estimate of drug-likeness (QED) is 0.848. The molecule has 1 fully saturated rings. The van der Waals surface area contributed by atoms with Crippen molar-refractivity contribution < 1.29 is 14.1 Å². The highest BCUT2D eigenvalue weighted by Gasteiger charge is 2.25. The van der Waals surface area contributed by atoms with Crippen LogP contribution in [0.2, 0.25) is 0 Å². The molecule has 0 spiro atoms. The van der Waals surface area contributed by atoms with Gasteiger partial charge in [0.2, 0.25) is 0 Å². The molecule has 0 aliphatic heterocycles. The molecule has 1 aliphatic rings. The average molecular weight is 311 g/mol. The van der Waals surface area contributed by atoms with E-state index in [-0.39, 0.29) is 5.75 Å². The van der Waals surface area contributed by atoms with Gasteiger partial charge in [-0.05, 0) is 37.0 Å². The zero-order valence-corrected chi connectivity index (χ0v) is 13.6. The smallest absolute Gasteiger partial charge is 0.160 e. The summed E-state index contributed by atoms with van der Waals surface area (Å²) >= 11 is 0. The number of rotatable bonds is 6. The number of phenolic OH excluding ortho intramolecular Hbond substituents is 1. The highest BCUT2D eigenvalue weighted by molar-refractivity contribution is 7.85. The number of aromatic hydroxyl groups is 1. The monoisotopic (exact) mass is 311 g/mol. The van der Waals surface area contributed by atoms with E-state index in [9.17, 15) is 9.32 Å². The lowest BCUT2D eigenvalue weighted by atomic mass is 9.95. The van der Waals surface area contributed by atoms with Crippen molar-refractivity contribution in [3.63, 3.8) is 0 Å². The Labute approximate surface area is 129 Å². The van der Waals surface area contributed by atoms with Gasteiger partial charge in [-0.15, -0.1) is 0 Å². The molecular weight excluding hydrogens is 286 g/mol. The minimum absolute atomic E-state index is 0.172. The van der Waals surface area contributed by atoms with Crippen molar-refractivity contribution in [2.75, 3.05) is 12.9 Å². The number of hydrogen-bond acceptors (Lipinski definition) is 4. The summed E-state index contributed by atoms with van der Waals surface area (Å²) in [6.45, 7) is 2.71. The van der Waals surface area contributed by atoms with Gasteiger partial charge in [-0.2, -0.15) is 0 Å². The number of methoxy groups -OCH3 is 1. The molecule has 0 saturated heterocycles. The van der Waals surface area contributed by atoms with E-state index in [4.69, 9.17) is 4.74 Å². The van der Waals surface area contributed by atoms with Gasteiger partial charge < -0.3 is 15.2 Å². The summed E-state index contributed by atoms with van der Waals surface area (Å²) in [5.74, 6) is 1.42. The molecule has 21 heavy (non-hydrogen) atoms. The van der Waals surface area contributed by atoms with Crippen LogP contribution < -0.4 is 10.1 Å². The second-order valence-corrected chi connectivity index (χ2v) is 7.55. The van der Waals surface area contributed by atoms with E-state index in [1.807, 2.05) is 13.0 Å². The van der Waals surface area contributed by atoms with Crippen molar-refractivity contribution in [3.05, 3.63) is 23.8 Å². The number of benzene rings is 1. The maximum absolute atomic E-state index is 11.9. The van der Waals surface area contributed by atoms with E-state index < -0.39 is 10.8 Å². The zero-order chi connectivity index (χ0) is 15.2. The molecule has 0 bridgehead atoms. The molecule has 2 N–H and O–H groups in total. The lowest BCUT2D eigenvalue weighted by molar-refractivity contribution is 0.368. The summed E-state index contributed by atoms with van der Waals surface area (Å²) in [6.07, 6.45) is 4.35. The zero-order valence-electron chi connectivity index (χ0n) is 12.8. The first-order valence-corrected chi connectivity index (χ1v) is 8.98. The summed E-state index contributed by atoms with van der Waals surface area (Å²) in [7, 11) is 0.858. The number of hydrogen-bond donors (Lipinski definition) is 2. The van der Waals surface area contributed by atoms with E-state index in [1.165, 1.54) is 0 Å². The number of phenols is 1. The van der Waals surface area contributed by atoms with E-state index in [0.717, 1.165) is 37.0 Å². The molecule has 2 rings (SSSR count). The molecule has 1 aromatic carbocycles. The summed E-state index contributed by atoms with van der Waals surface area (Å²) in [5, 5.41) is 13.6. The van der Waals surface area contributed by atoms with Crippen molar-refractivity contribution in [3.8, 4) is 11.5 Å². The maximum Gasteiger partial charge on any atom is 0.160 e. The fraction of sp³-hybridized carbons (Fsp3) is 0.625. The molecule has 1 saturated carbocycles. The Morgan fingerprint density at radius 1 is 1.43 bits per heavy atom. The Morgan fingerprint density at radius 2 is 2.24 bits per heavy atom. The Bertz CT molecular complexity index is 492. The summed E-state index contributed by atoms with van der Waals surface area (Å²) in [6, 6.07) is 5.89. The van der Waals surface area contributed by atoms with E-state index in [2.05, 4.69) is 5.32 Å². The fourth-order valence-corrected chi connectivity index (χ4v) is 4.26. The van der Waals surface area contributed by atoms with Gasteiger partial charge in [0.1, 0.15) is 0 Å². The molecule has 3 atom stereocenters. The van der Waals surface area contributed by atoms with Gasteiger partial charge in [0.25, 0.3) is 0 Å². The largest absolute Gasteiger partial charge is 0.504 e. The van der Waals surface area contributed by atoms with Gasteiger partial charge in [-0.1, -0.05) is 19.4 Å². The van der Waals surface area contributed by atoms with Crippen LogP contribution in [0.1, 0.15) is 38.2 Å². The molecule has 1 aliphatic carbocycles. The van der Waals surface area contributed by atoms with Crippen LogP contribution in [0.5, 0.6) is 11.5 Å². The van der Waals surface area contributed by atoms with Crippen LogP contribution >= 0.6 is 0 Å². The van der Waals surface area contributed by atoms with E-state index in [0.29, 0.717) is 23.6 Å². The first-order valence-electron chi connectivity index (χ1n) is 7.60. The van der Waals surface area contributed by atoms with Crippen LogP contribution in [0.3, 0.4) is 0 Å². The van der Waals surface area contributed by atoms with Gasteiger partial charge in [0.05, 0.1) is 7.11 Å². The average Bonchev–Trinajstić information content (AvgIpc) is 2.52. The van der Waals surface area contributed by atoms with Crippen molar-refractivity contribution in [2.24, 2.45) is 0 Å². The molecule has 118 valence electrons. The molecular formula is C16H25NO3S. The van der Waals surface area contributed by atoms with Crippen LogP contribution in [0.25, 0.3) is 0 Å². The van der Waals surface area contributed by atoms with E-state index >= 15 is 0 Å². The van der Waals surface area contributed by atoms with Crippen LogP contribution in [-0.4, -0.2) is 33.5 Å². The van der Waals surface area contributed by atoms with Crippen LogP contribution in [0.4, 0.5) is 0 Å². The third-order valence-corrected chi connectivity index (χ3v) is 5.86. The standard InChI is InChI=1S/C16H25NO3S/c1-3-21(19)14-6-4-5-13(10-14)17-11-12-7-8-16(20-2)15(18)9-12/h7-9,13-14,17-18H,3-6,10-11H2,1-2H3/t13-,14+,21+/m0/s1. The summed E-state index contributed by atoms with van der Waals surface area (Å²) in [5.41, 5.74) is 1.03. The third-order valence-electron chi connectivity index (χ3n) is 4.12. The van der Waals surface area contributed by atoms with Crippen LogP contribution in [0.15, 0.2) is 18.2 Å². The molecule has 0 aromatic heterocycles. The minimum Gasteiger partial charge on any atom is -0.504 e. The van der Waals surface area contributed by atoms with Crippen molar-refractivity contribution in [2.45, 2.75) is 50.4 Å². The van der Waals surface area contributed by atoms with Crippen LogP contribution in [0, 0.1) is 0 Å². The van der Waals surface area contributed by atoms with Crippen LogP contribution in [-0.2, 0) is 17.3 Å². The highest BCUT2D eigenvalue weighted by atomic mass is 32.2. The lowest BCUT2D eigenvalue weighted by Gasteiger charge is -2.29. The van der Waals surface area contributed by atoms with Gasteiger partial charge in [-0.3, -0.25) is 4.21 Å².